The molecule has 2 fully saturated rings. The summed E-state index contributed by atoms with van der Waals surface area (Å²) in [5.41, 5.74) is 1.53. The van der Waals surface area contributed by atoms with Crippen molar-refractivity contribution in [2.24, 2.45) is 11.8 Å². The third kappa shape index (κ3) is 3.16. The molecule has 2 saturated carbocycles. The summed E-state index contributed by atoms with van der Waals surface area (Å²) in [7, 11) is 0. The van der Waals surface area contributed by atoms with Crippen LogP contribution in [0.15, 0.2) is 24.3 Å². The molecule has 2 aliphatic rings. The van der Waals surface area contributed by atoms with Gasteiger partial charge in [-0.25, -0.2) is 0 Å². The standard InChI is InChI=1S/C18H24N2O2/c1-12(2)11-19-17(22)18(9-10-18)14-5-7-15(8-6-14)20-16(21)13-3-4-13/h5-8,12-13H,3-4,9-11H2,1-2H3,(H,19,22)(H,20,21). The molecule has 0 aliphatic heterocycles. The highest BCUT2D eigenvalue weighted by molar-refractivity contribution is 5.94. The van der Waals surface area contributed by atoms with Crippen molar-refractivity contribution in [3.8, 4) is 0 Å². The van der Waals surface area contributed by atoms with E-state index in [1.54, 1.807) is 0 Å². The molecule has 118 valence electrons. The van der Waals surface area contributed by atoms with Crippen LogP contribution in [0.1, 0.15) is 45.1 Å². The lowest BCUT2D eigenvalue weighted by atomic mass is 9.94. The van der Waals surface area contributed by atoms with Gasteiger partial charge in [0, 0.05) is 18.2 Å². The fraction of sp³-hybridized carbons (Fsp3) is 0.556. The Morgan fingerprint density at radius 1 is 1.18 bits per heavy atom. The summed E-state index contributed by atoms with van der Waals surface area (Å²) in [6.45, 7) is 4.91. The first-order chi connectivity index (χ1) is 10.5. The number of hydrogen-bond donors (Lipinski definition) is 2. The van der Waals surface area contributed by atoms with Crippen molar-refractivity contribution < 1.29 is 9.59 Å². The van der Waals surface area contributed by atoms with Gasteiger partial charge in [-0.2, -0.15) is 0 Å². The Balaban J connectivity index is 1.64. The van der Waals surface area contributed by atoms with Crippen LogP contribution in [0, 0.1) is 11.8 Å². The van der Waals surface area contributed by atoms with E-state index >= 15 is 0 Å². The average Bonchev–Trinajstić information content (AvgIpc) is 3.38. The van der Waals surface area contributed by atoms with Crippen LogP contribution in [0.3, 0.4) is 0 Å². The molecule has 3 rings (SSSR count). The Kier molecular flexibility index (Phi) is 3.94. The van der Waals surface area contributed by atoms with E-state index < -0.39 is 0 Å². The van der Waals surface area contributed by atoms with Gasteiger partial charge in [0.25, 0.3) is 0 Å². The molecule has 0 atom stereocenters. The zero-order valence-electron chi connectivity index (χ0n) is 13.3. The van der Waals surface area contributed by atoms with Crippen molar-refractivity contribution in [2.75, 3.05) is 11.9 Å². The second kappa shape index (κ2) is 5.75. The molecule has 0 bridgehead atoms. The van der Waals surface area contributed by atoms with E-state index in [0.717, 1.165) is 43.5 Å². The lowest BCUT2D eigenvalue weighted by molar-refractivity contribution is -0.123. The van der Waals surface area contributed by atoms with E-state index in [0.29, 0.717) is 5.92 Å². The molecule has 1 aromatic rings. The summed E-state index contributed by atoms with van der Waals surface area (Å²) in [4.78, 5) is 24.2. The maximum atomic E-state index is 12.4. The number of anilines is 1. The molecule has 0 aromatic heterocycles. The molecule has 1 aromatic carbocycles. The van der Waals surface area contributed by atoms with E-state index in [2.05, 4.69) is 24.5 Å². The predicted octanol–water partition coefficient (Wildman–Crippen LogP) is 2.84. The zero-order chi connectivity index (χ0) is 15.7. The van der Waals surface area contributed by atoms with E-state index in [-0.39, 0.29) is 23.1 Å². The molecule has 0 saturated heterocycles. The summed E-state index contributed by atoms with van der Waals surface area (Å²) in [5, 5.41) is 5.98. The summed E-state index contributed by atoms with van der Waals surface area (Å²) in [5.74, 6) is 0.913. The van der Waals surface area contributed by atoms with Crippen LogP contribution in [-0.2, 0) is 15.0 Å². The smallest absolute Gasteiger partial charge is 0.230 e. The summed E-state index contributed by atoms with van der Waals surface area (Å²) < 4.78 is 0. The summed E-state index contributed by atoms with van der Waals surface area (Å²) in [6.07, 6.45) is 3.82. The Labute approximate surface area is 131 Å². The maximum Gasteiger partial charge on any atom is 0.230 e. The van der Waals surface area contributed by atoms with Crippen LogP contribution in [0.25, 0.3) is 0 Å². The first-order valence-corrected chi connectivity index (χ1v) is 8.21. The maximum absolute atomic E-state index is 12.4. The first kappa shape index (κ1) is 15.1. The highest BCUT2D eigenvalue weighted by Crippen LogP contribution is 2.48. The second-order valence-corrected chi connectivity index (χ2v) is 7.03. The van der Waals surface area contributed by atoms with E-state index in [1.807, 2.05) is 24.3 Å². The van der Waals surface area contributed by atoms with E-state index in [1.165, 1.54) is 0 Å². The molecule has 0 spiro atoms. The number of hydrogen-bond acceptors (Lipinski definition) is 2. The molecule has 2 N–H and O–H groups in total. The molecule has 2 amide bonds. The van der Waals surface area contributed by atoms with Gasteiger partial charge in [0.2, 0.25) is 11.8 Å². The van der Waals surface area contributed by atoms with Crippen molar-refractivity contribution in [3.63, 3.8) is 0 Å². The average molecular weight is 300 g/mol. The van der Waals surface area contributed by atoms with E-state index in [9.17, 15) is 9.59 Å². The third-order valence-corrected chi connectivity index (χ3v) is 4.51. The number of nitrogens with one attached hydrogen (secondary N) is 2. The quantitative estimate of drug-likeness (QED) is 0.848. The van der Waals surface area contributed by atoms with Crippen molar-refractivity contribution in [2.45, 2.75) is 44.9 Å². The highest BCUT2D eigenvalue weighted by Gasteiger charge is 2.51. The minimum absolute atomic E-state index is 0.114. The van der Waals surface area contributed by atoms with Crippen molar-refractivity contribution in [3.05, 3.63) is 29.8 Å². The number of rotatable bonds is 6. The molecule has 0 heterocycles. The van der Waals surface area contributed by atoms with Gasteiger partial charge in [0.05, 0.1) is 5.41 Å². The Hall–Kier alpha value is -1.84. The molecule has 0 radical (unpaired) electrons. The SMILES string of the molecule is CC(C)CNC(=O)C1(c2ccc(NC(=O)C3CC3)cc2)CC1. The van der Waals surface area contributed by atoms with Gasteiger partial charge in [-0.1, -0.05) is 26.0 Å². The molecular weight excluding hydrogens is 276 g/mol. The first-order valence-electron chi connectivity index (χ1n) is 8.21. The monoisotopic (exact) mass is 300 g/mol. The van der Waals surface area contributed by atoms with Crippen LogP contribution in [0.4, 0.5) is 5.69 Å². The highest BCUT2D eigenvalue weighted by atomic mass is 16.2. The Bertz CT molecular complexity index is 569. The fourth-order valence-corrected chi connectivity index (χ4v) is 2.70. The van der Waals surface area contributed by atoms with Crippen LogP contribution < -0.4 is 10.6 Å². The van der Waals surface area contributed by atoms with Gasteiger partial charge in [-0.3, -0.25) is 9.59 Å². The molecule has 4 nitrogen and oxygen atoms in total. The Morgan fingerprint density at radius 2 is 1.82 bits per heavy atom. The second-order valence-electron chi connectivity index (χ2n) is 7.03. The van der Waals surface area contributed by atoms with Gasteiger partial charge in [0.15, 0.2) is 0 Å². The molecule has 2 aliphatic carbocycles. The number of amides is 2. The fourth-order valence-electron chi connectivity index (χ4n) is 2.70. The topological polar surface area (TPSA) is 58.2 Å². The van der Waals surface area contributed by atoms with Crippen LogP contribution in [0.5, 0.6) is 0 Å². The lowest BCUT2D eigenvalue weighted by Gasteiger charge is -2.17. The van der Waals surface area contributed by atoms with Crippen LogP contribution in [-0.4, -0.2) is 18.4 Å². The minimum atomic E-state index is -0.339. The normalized spacial score (nSPS) is 18.9. The molecular formula is C18H24N2O2. The summed E-state index contributed by atoms with van der Waals surface area (Å²) in [6, 6.07) is 7.77. The van der Waals surface area contributed by atoms with Crippen LogP contribution in [0.2, 0.25) is 0 Å². The van der Waals surface area contributed by atoms with Crippen molar-refractivity contribution >= 4 is 17.5 Å². The van der Waals surface area contributed by atoms with E-state index in [4.69, 9.17) is 0 Å². The number of carbonyl (C=O) groups excluding carboxylic acids is 2. The predicted molar refractivity (Wildman–Crippen MR) is 86.6 cm³/mol. The van der Waals surface area contributed by atoms with Gasteiger partial charge in [0.1, 0.15) is 0 Å². The van der Waals surface area contributed by atoms with Gasteiger partial charge in [-0.15, -0.1) is 0 Å². The molecule has 0 unspecified atom stereocenters. The van der Waals surface area contributed by atoms with Gasteiger partial charge >= 0.3 is 0 Å². The number of carbonyl (C=O) groups is 2. The number of benzene rings is 1. The zero-order valence-corrected chi connectivity index (χ0v) is 13.3. The van der Waals surface area contributed by atoms with Crippen LogP contribution >= 0.6 is 0 Å². The lowest BCUT2D eigenvalue weighted by Crippen LogP contribution is -2.36. The third-order valence-electron chi connectivity index (χ3n) is 4.51. The van der Waals surface area contributed by atoms with Gasteiger partial charge < -0.3 is 10.6 Å². The molecule has 4 heteroatoms. The van der Waals surface area contributed by atoms with Crippen molar-refractivity contribution in [1.29, 1.82) is 0 Å². The van der Waals surface area contributed by atoms with Gasteiger partial charge in [-0.05, 0) is 49.3 Å². The van der Waals surface area contributed by atoms with Crippen molar-refractivity contribution in [1.82, 2.24) is 5.32 Å². The largest absolute Gasteiger partial charge is 0.355 e. The minimum Gasteiger partial charge on any atom is -0.355 e. The Morgan fingerprint density at radius 3 is 2.32 bits per heavy atom. The summed E-state index contributed by atoms with van der Waals surface area (Å²) >= 11 is 0. The molecule has 22 heavy (non-hydrogen) atoms.